The number of aromatic nitrogens is 4. The molecule has 2 heterocycles. The van der Waals surface area contributed by atoms with Gasteiger partial charge in [-0.25, -0.2) is 4.98 Å². The first kappa shape index (κ1) is 27.0. The number of carbonyl (C=O) groups is 1. The molecular weight excluding hydrogens is 581 g/mol. The van der Waals surface area contributed by atoms with E-state index in [9.17, 15) is 23.1 Å². The van der Waals surface area contributed by atoms with Crippen LogP contribution in [0.4, 0.5) is 13.2 Å². The van der Waals surface area contributed by atoms with Crippen molar-refractivity contribution in [2.75, 3.05) is 0 Å². The summed E-state index contributed by atoms with van der Waals surface area (Å²) in [6, 6.07) is 11.4. The lowest BCUT2D eigenvalue weighted by atomic mass is 9.78. The largest absolute Gasteiger partial charge is 0.573 e. The summed E-state index contributed by atoms with van der Waals surface area (Å²) in [6.07, 6.45) is 0.00862. The number of imidazole rings is 1. The molecule has 4 aromatic rings. The Kier molecular flexibility index (Phi) is 7.57. The van der Waals surface area contributed by atoms with Crippen molar-refractivity contribution in [3.8, 4) is 11.5 Å². The van der Waals surface area contributed by atoms with Crippen LogP contribution in [0.3, 0.4) is 0 Å². The second kappa shape index (κ2) is 10.9. The van der Waals surface area contributed by atoms with Crippen molar-refractivity contribution in [1.29, 1.82) is 0 Å². The van der Waals surface area contributed by atoms with Gasteiger partial charge in [0.1, 0.15) is 23.9 Å². The molecule has 1 saturated carbocycles. The fourth-order valence-corrected chi connectivity index (χ4v) is 5.60. The Morgan fingerprint density at radius 3 is 2.59 bits per heavy atom. The van der Waals surface area contributed by atoms with Crippen LogP contribution in [0.5, 0.6) is 11.5 Å². The van der Waals surface area contributed by atoms with Crippen molar-refractivity contribution in [2.45, 2.75) is 51.1 Å². The molecule has 0 aliphatic heterocycles. The van der Waals surface area contributed by atoms with Gasteiger partial charge in [-0.2, -0.15) is 5.10 Å². The number of aliphatic carboxylic acids is 1. The maximum absolute atomic E-state index is 12.7. The van der Waals surface area contributed by atoms with Gasteiger partial charge in [-0.15, -0.1) is 13.2 Å². The van der Waals surface area contributed by atoms with E-state index in [2.05, 4.69) is 25.8 Å². The Balaban J connectivity index is 1.53. The number of hydrogen-bond donors (Lipinski definition) is 1. The van der Waals surface area contributed by atoms with E-state index in [1.165, 1.54) is 12.1 Å². The number of fused-ring (bicyclic) bond motifs is 1. The first-order valence-corrected chi connectivity index (χ1v) is 13.2. The second-order valence-corrected chi connectivity index (χ2v) is 10.5. The molecule has 0 radical (unpaired) electrons. The molecule has 5 rings (SSSR count). The van der Waals surface area contributed by atoms with Crippen molar-refractivity contribution in [2.24, 2.45) is 13.0 Å². The van der Waals surface area contributed by atoms with Crippen LogP contribution in [0.25, 0.3) is 11.0 Å². The Morgan fingerprint density at radius 2 is 1.90 bits per heavy atom. The summed E-state index contributed by atoms with van der Waals surface area (Å²) in [4.78, 5) is 17.0. The van der Waals surface area contributed by atoms with Gasteiger partial charge in [-0.1, -0.05) is 34.8 Å². The highest BCUT2D eigenvalue weighted by molar-refractivity contribution is 9.10. The van der Waals surface area contributed by atoms with Gasteiger partial charge in [0, 0.05) is 29.7 Å². The zero-order valence-electron chi connectivity index (χ0n) is 21.0. The van der Waals surface area contributed by atoms with Crippen LogP contribution in [-0.4, -0.2) is 36.8 Å². The van der Waals surface area contributed by atoms with Crippen LogP contribution >= 0.6 is 15.9 Å². The van der Waals surface area contributed by atoms with Crippen LogP contribution < -0.4 is 9.47 Å². The molecule has 0 unspecified atom stereocenters. The highest BCUT2D eigenvalue weighted by Gasteiger charge is 2.36. The van der Waals surface area contributed by atoms with E-state index in [-0.39, 0.29) is 24.8 Å². The number of benzene rings is 2. The number of halogens is 4. The van der Waals surface area contributed by atoms with E-state index in [1.54, 1.807) is 16.8 Å². The SMILES string of the molecule is Cn1ccc(COc2ccc3nc([C@H]4CCCC[C@H]4C(=O)O)n(Cc4ccc(OC(F)(F)F)cc4Br)c3c2)n1. The monoisotopic (exact) mass is 606 g/mol. The molecule has 2 aromatic heterocycles. The van der Waals surface area contributed by atoms with Crippen LogP contribution in [0, 0.1) is 5.92 Å². The standard InChI is InChI=1S/C27H26BrF3N4O4/c1-34-11-10-17(33-34)15-38-18-8-9-23-24(13-18)35(25(32-23)20-4-2-3-5-21(20)26(36)37)14-16-6-7-19(12-22(16)28)39-27(29,30)31/h6-13,20-21H,2-5,14-15H2,1H3,(H,36,37)/t20-,21+/m0/s1. The Labute approximate surface area is 230 Å². The number of carboxylic acids is 1. The molecule has 2 atom stereocenters. The number of carboxylic acid groups (broad SMARTS) is 1. The summed E-state index contributed by atoms with van der Waals surface area (Å²) in [6.45, 7) is 0.522. The lowest BCUT2D eigenvalue weighted by Gasteiger charge is -2.28. The van der Waals surface area contributed by atoms with Gasteiger partial charge in [0.05, 0.1) is 29.2 Å². The molecule has 1 aliphatic carbocycles. The molecule has 8 nitrogen and oxygen atoms in total. The van der Waals surface area contributed by atoms with E-state index >= 15 is 0 Å². The molecular formula is C27H26BrF3N4O4. The van der Waals surface area contributed by atoms with E-state index < -0.39 is 18.2 Å². The zero-order chi connectivity index (χ0) is 27.7. The second-order valence-electron chi connectivity index (χ2n) is 9.61. The van der Waals surface area contributed by atoms with Gasteiger partial charge in [0.2, 0.25) is 0 Å². The predicted octanol–water partition coefficient (Wildman–Crippen LogP) is 6.42. The number of ether oxygens (including phenoxy) is 2. The van der Waals surface area contributed by atoms with Gasteiger partial charge in [-0.3, -0.25) is 9.48 Å². The minimum Gasteiger partial charge on any atom is -0.487 e. The zero-order valence-corrected chi connectivity index (χ0v) is 22.6. The number of rotatable bonds is 8. The molecule has 0 amide bonds. The molecule has 206 valence electrons. The molecule has 1 fully saturated rings. The van der Waals surface area contributed by atoms with Crippen molar-refractivity contribution in [1.82, 2.24) is 19.3 Å². The molecule has 1 aliphatic rings. The number of alkyl halides is 3. The lowest BCUT2D eigenvalue weighted by molar-refractivity contribution is -0.274. The molecule has 0 saturated heterocycles. The van der Waals surface area contributed by atoms with Gasteiger partial charge in [0.25, 0.3) is 0 Å². The van der Waals surface area contributed by atoms with Crippen molar-refractivity contribution >= 4 is 32.9 Å². The average Bonchev–Trinajstić information content (AvgIpc) is 3.46. The quantitative estimate of drug-likeness (QED) is 0.249. The van der Waals surface area contributed by atoms with Crippen molar-refractivity contribution in [3.63, 3.8) is 0 Å². The minimum absolute atomic E-state index is 0.255. The van der Waals surface area contributed by atoms with Crippen molar-refractivity contribution in [3.05, 3.63) is 70.2 Å². The van der Waals surface area contributed by atoms with Gasteiger partial charge in [-0.05, 0) is 48.7 Å². The number of nitrogens with zero attached hydrogens (tertiary/aromatic N) is 4. The first-order chi connectivity index (χ1) is 18.6. The maximum Gasteiger partial charge on any atom is 0.573 e. The first-order valence-electron chi connectivity index (χ1n) is 12.5. The fraction of sp³-hybridized carbons (Fsp3) is 0.370. The van der Waals surface area contributed by atoms with Gasteiger partial charge >= 0.3 is 12.3 Å². The van der Waals surface area contributed by atoms with E-state index in [1.807, 2.05) is 36.0 Å². The van der Waals surface area contributed by atoms with E-state index in [0.717, 1.165) is 24.1 Å². The summed E-state index contributed by atoms with van der Waals surface area (Å²) >= 11 is 3.38. The topological polar surface area (TPSA) is 91.4 Å². The van der Waals surface area contributed by atoms with Crippen LogP contribution in [0.2, 0.25) is 0 Å². The number of hydrogen-bond acceptors (Lipinski definition) is 5. The Hall–Kier alpha value is -3.54. The number of aryl methyl sites for hydroxylation is 1. The molecule has 12 heteroatoms. The van der Waals surface area contributed by atoms with Crippen LogP contribution in [-0.2, 0) is 25.0 Å². The predicted molar refractivity (Wildman–Crippen MR) is 140 cm³/mol. The normalized spacial score (nSPS) is 17.9. The molecule has 39 heavy (non-hydrogen) atoms. The smallest absolute Gasteiger partial charge is 0.487 e. The third-order valence-corrected chi connectivity index (χ3v) is 7.64. The molecule has 0 spiro atoms. The summed E-state index contributed by atoms with van der Waals surface area (Å²) in [5.74, 6) is -0.827. The lowest BCUT2D eigenvalue weighted by Crippen LogP contribution is -2.27. The van der Waals surface area contributed by atoms with Gasteiger partial charge in [0.15, 0.2) is 0 Å². The molecule has 0 bridgehead atoms. The highest BCUT2D eigenvalue weighted by Crippen LogP contribution is 2.40. The highest BCUT2D eigenvalue weighted by atomic mass is 79.9. The van der Waals surface area contributed by atoms with Gasteiger partial charge < -0.3 is 19.1 Å². The summed E-state index contributed by atoms with van der Waals surface area (Å²) in [7, 11) is 1.82. The van der Waals surface area contributed by atoms with E-state index in [4.69, 9.17) is 9.72 Å². The van der Waals surface area contributed by atoms with Crippen molar-refractivity contribution < 1.29 is 32.5 Å². The van der Waals surface area contributed by atoms with Crippen LogP contribution in [0.1, 0.15) is 48.7 Å². The van der Waals surface area contributed by atoms with Crippen LogP contribution in [0.15, 0.2) is 53.1 Å². The summed E-state index contributed by atoms with van der Waals surface area (Å²) < 4.78 is 52.2. The summed E-state index contributed by atoms with van der Waals surface area (Å²) in [5.41, 5.74) is 2.87. The Morgan fingerprint density at radius 1 is 1.13 bits per heavy atom. The minimum atomic E-state index is -4.80. The third-order valence-electron chi connectivity index (χ3n) is 6.91. The average molecular weight is 607 g/mol. The summed E-state index contributed by atoms with van der Waals surface area (Å²) in [5, 5.41) is 14.3. The molecule has 2 aromatic carbocycles. The fourth-order valence-electron chi connectivity index (χ4n) is 5.12. The third kappa shape index (κ3) is 6.21. The maximum atomic E-state index is 12.7. The Bertz CT molecular complexity index is 1500. The van der Waals surface area contributed by atoms with E-state index in [0.29, 0.717) is 40.0 Å². The molecule has 1 N–H and O–H groups in total.